The van der Waals surface area contributed by atoms with E-state index in [1.807, 2.05) is 0 Å². The standard InChI is InChI=1S/C16H30O2/c1-15-11-9-7-5-3-2-4-6-8-10-12-16(17)18-14-13-15/h15H,2-14H2,1H3/t15-/m1/s1. The molecule has 0 spiro atoms. The first-order valence-corrected chi connectivity index (χ1v) is 7.94. The predicted molar refractivity (Wildman–Crippen MR) is 75.5 cm³/mol. The lowest BCUT2D eigenvalue weighted by Crippen LogP contribution is -2.08. The van der Waals surface area contributed by atoms with Crippen molar-refractivity contribution >= 4 is 5.97 Å². The van der Waals surface area contributed by atoms with Crippen LogP contribution in [0.15, 0.2) is 0 Å². The molecule has 1 rings (SSSR count). The van der Waals surface area contributed by atoms with Gasteiger partial charge in [-0.2, -0.15) is 0 Å². The third-order valence-electron chi connectivity index (χ3n) is 3.95. The van der Waals surface area contributed by atoms with E-state index < -0.39 is 0 Å². The molecule has 18 heavy (non-hydrogen) atoms. The third-order valence-corrected chi connectivity index (χ3v) is 3.95. The number of carbonyl (C=O) groups is 1. The summed E-state index contributed by atoms with van der Waals surface area (Å²) in [5, 5.41) is 0. The molecule has 0 radical (unpaired) electrons. The highest BCUT2D eigenvalue weighted by molar-refractivity contribution is 5.69. The van der Waals surface area contributed by atoms with E-state index in [4.69, 9.17) is 4.74 Å². The van der Waals surface area contributed by atoms with Crippen LogP contribution in [0.2, 0.25) is 0 Å². The van der Waals surface area contributed by atoms with E-state index in [0.29, 0.717) is 18.9 Å². The summed E-state index contributed by atoms with van der Waals surface area (Å²) in [6.45, 7) is 2.90. The van der Waals surface area contributed by atoms with Crippen molar-refractivity contribution < 1.29 is 9.53 Å². The quantitative estimate of drug-likeness (QED) is 0.577. The molecule has 0 aromatic rings. The molecule has 0 bridgehead atoms. The van der Waals surface area contributed by atoms with Gasteiger partial charge in [0.2, 0.25) is 0 Å². The highest BCUT2D eigenvalue weighted by atomic mass is 16.5. The van der Waals surface area contributed by atoms with E-state index in [1.54, 1.807) is 0 Å². The van der Waals surface area contributed by atoms with Gasteiger partial charge in [0.25, 0.3) is 0 Å². The van der Waals surface area contributed by atoms with Gasteiger partial charge in [0, 0.05) is 6.42 Å². The molecule has 1 saturated heterocycles. The zero-order valence-electron chi connectivity index (χ0n) is 12.1. The summed E-state index contributed by atoms with van der Waals surface area (Å²) in [4.78, 5) is 11.5. The number of cyclic esters (lactones) is 1. The van der Waals surface area contributed by atoms with E-state index in [-0.39, 0.29) is 5.97 Å². The summed E-state index contributed by atoms with van der Waals surface area (Å²) in [6, 6.07) is 0. The highest BCUT2D eigenvalue weighted by Crippen LogP contribution is 2.16. The summed E-state index contributed by atoms with van der Waals surface area (Å²) in [7, 11) is 0. The number of hydrogen-bond donors (Lipinski definition) is 0. The van der Waals surface area contributed by atoms with E-state index in [1.165, 1.54) is 57.8 Å². The van der Waals surface area contributed by atoms with Gasteiger partial charge in [-0.25, -0.2) is 0 Å². The van der Waals surface area contributed by atoms with Gasteiger partial charge in [0.15, 0.2) is 0 Å². The van der Waals surface area contributed by atoms with Crippen molar-refractivity contribution in [2.75, 3.05) is 6.61 Å². The maximum Gasteiger partial charge on any atom is 0.305 e. The zero-order chi connectivity index (χ0) is 13.1. The van der Waals surface area contributed by atoms with Crippen LogP contribution in [0.4, 0.5) is 0 Å². The smallest absolute Gasteiger partial charge is 0.305 e. The fourth-order valence-corrected chi connectivity index (χ4v) is 2.59. The molecule has 0 amide bonds. The normalized spacial score (nSPS) is 26.5. The molecule has 0 aliphatic carbocycles. The molecule has 0 N–H and O–H groups in total. The molecular weight excluding hydrogens is 224 g/mol. The van der Waals surface area contributed by atoms with Crippen LogP contribution in [-0.4, -0.2) is 12.6 Å². The number of rotatable bonds is 0. The van der Waals surface area contributed by atoms with Gasteiger partial charge in [0.05, 0.1) is 6.61 Å². The van der Waals surface area contributed by atoms with Crippen LogP contribution >= 0.6 is 0 Å². The molecule has 1 aliphatic heterocycles. The third kappa shape index (κ3) is 8.54. The average Bonchev–Trinajstić information content (AvgIpc) is 2.34. The Balaban J connectivity index is 2.20. The molecule has 2 nitrogen and oxygen atoms in total. The molecule has 0 saturated carbocycles. The average molecular weight is 254 g/mol. The topological polar surface area (TPSA) is 26.3 Å². The Kier molecular flexibility index (Phi) is 8.97. The number of esters is 1. The van der Waals surface area contributed by atoms with Crippen molar-refractivity contribution in [3.63, 3.8) is 0 Å². The maximum atomic E-state index is 11.5. The van der Waals surface area contributed by atoms with Gasteiger partial charge < -0.3 is 4.74 Å². The van der Waals surface area contributed by atoms with Crippen molar-refractivity contribution in [2.24, 2.45) is 5.92 Å². The van der Waals surface area contributed by atoms with E-state index in [9.17, 15) is 4.79 Å². The Morgan fingerprint density at radius 1 is 0.833 bits per heavy atom. The van der Waals surface area contributed by atoms with Crippen molar-refractivity contribution in [3.05, 3.63) is 0 Å². The van der Waals surface area contributed by atoms with Crippen molar-refractivity contribution in [2.45, 2.75) is 84.0 Å². The zero-order valence-corrected chi connectivity index (χ0v) is 12.1. The molecule has 0 unspecified atom stereocenters. The van der Waals surface area contributed by atoms with E-state index >= 15 is 0 Å². The van der Waals surface area contributed by atoms with Gasteiger partial charge in [-0.1, -0.05) is 64.7 Å². The van der Waals surface area contributed by atoms with Crippen molar-refractivity contribution in [1.82, 2.24) is 0 Å². The number of carbonyl (C=O) groups excluding carboxylic acids is 1. The molecular formula is C16H30O2. The largest absolute Gasteiger partial charge is 0.466 e. The molecule has 106 valence electrons. The SMILES string of the molecule is C[C@@H]1CCCCCCCCCCCC(=O)OCC1. The first-order chi connectivity index (χ1) is 8.79. The highest BCUT2D eigenvalue weighted by Gasteiger charge is 2.06. The predicted octanol–water partition coefficient (Wildman–Crippen LogP) is 4.86. The van der Waals surface area contributed by atoms with Crippen molar-refractivity contribution in [3.8, 4) is 0 Å². The van der Waals surface area contributed by atoms with Crippen LogP contribution in [0.3, 0.4) is 0 Å². The van der Waals surface area contributed by atoms with E-state index in [0.717, 1.165) is 12.8 Å². The Hall–Kier alpha value is -0.530. The minimum atomic E-state index is 0.00861. The second kappa shape index (κ2) is 10.4. The Morgan fingerprint density at radius 2 is 1.39 bits per heavy atom. The number of hydrogen-bond acceptors (Lipinski definition) is 2. The van der Waals surface area contributed by atoms with Crippen molar-refractivity contribution in [1.29, 1.82) is 0 Å². The van der Waals surface area contributed by atoms with Crippen LogP contribution < -0.4 is 0 Å². The number of ether oxygens (including phenoxy) is 1. The maximum absolute atomic E-state index is 11.5. The molecule has 1 aliphatic rings. The van der Waals surface area contributed by atoms with Gasteiger partial charge in [-0.3, -0.25) is 4.79 Å². The summed E-state index contributed by atoms with van der Waals surface area (Å²) < 4.78 is 5.27. The summed E-state index contributed by atoms with van der Waals surface area (Å²) in [6.07, 6.45) is 14.7. The second-order valence-corrected chi connectivity index (χ2v) is 5.83. The van der Waals surface area contributed by atoms with Gasteiger partial charge in [-0.05, 0) is 18.8 Å². The van der Waals surface area contributed by atoms with Gasteiger partial charge in [0.1, 0.15) is 0 Å². The fourth-order valence-electron chi connectivity index (χ4n) is 2.59. The summed E-state index contributed by atoms with van der Waals surface area (Å²) in [5.74, 6) is 0.708. The Labute approximate surface area is 112 Å². The van der Waals surface area contributed by atoms with Crippen LogP contribution in [0, 0.1) is 5.92 Å². The Morgan fingerprint density at radius 3 is 2.06 bits per heavy atom. The lowest BCUT2D eigenvalue weighted by Gasteiger charge is -2.12. The van der Waals surface area contributed by atoms with Crippen LogP contribution in [0.1, 0.15) is 84.0 Å². The van der Waals surface area contributed by atoms with E-state index in [2.05, 4.69) is 6.92 Å². The molecule has 1 heterocycles. The lowest BCUT2D eigenvalue weighted by atomic mass is 9.99. The van der Waals surface area contributed by atoms with Crippen LogP contribution in [0.5, 0.6) is 0 Å². The summed E-state index contributed by atoms with van der Waals surface area (Å²) >= 11 is 0. The molecule has 0 aromatic carbocycles. The monoisotopic (exact) mass is 254 g/mol. The molecule has 1 atom stereocenters. The second-order valence-electron chi connectivity index (χ2n) is 5.83. The van der Waals surface area contributed by atoms with Crippen LogP contribution in [-0.2, 0) is 9.53 Å². The first kappa shape index (κ1) is 15.5. The summed E-state index contributed by atoms with van der Waals surface area (Å²) in [5.41, 5.74) is 0. The fraction of sp³-hybridized carbons (Fsp3) is 0.938. The minimum Gasteiger partial charge on any atom is -0.466 e. The molecule has 2 heteroatoms. The first-order valence-electron chi connectivity index (χ1n) is 7.94. The van der Waals surface area contributed by atoms with Gasteiger partial charge >= 0.3 is 5.97 Å². The Bertz CT molecular complexity index is 213. The minimum absolute atomic E-state index is 0.00861. The molecule has 1 fully saturated rings. The van der Waals surface area contributed by atoms with Crippen LogP contribution in [0.25, 0.3) is 0 Å². The van der Waals surface area contributed by atoms with Gasteiger partial charge in [-0.15, -0.1) is 0 Å². The molecule has 0 aromatic heterocycles. The lowest BCUT2D eigenvalue weighted by molar-refractivity contribution is -0.144.